The number of rotatable bonds is 5. The van der Waals surface area contributed by atoms with Crippen molar-refractivity contribution in [1.29, 1.82) is 0 Å². The molecule has 2 N–H and O–H groups in total. The van der Waals surface area contributed by atoms with Crippen LogP contribution in [0, 0.1) is 0 Å². The smallest absolute Gasteiger partial charge is 0.370 e. The van der Waals surface area contributed by atoms with E-state index in [1.807, 2.05) is 4.90 Å². The highest BCUT2D eigenvalue weighted by Gasteiger charge is 2.34. The average Bonchev–Trinajstić information content (AvgIpc) is 2.53. The second kappa shape index (κ2) is 6.67. The number of amides is 1. The third kappa shape index (κ3) is 3.87. The van der Waals surface area contributed by atoms with Gasteiger partial charge in [0.05, 0.1) is 18.3 Å². The molecule has 9 heteroatoms. The summed E-state index contributed by atoms with van der Waals surface area (Å²) in [5, 5.41) is 7.60. The van der Waals surface area contributed by atoms with Gasteiger partial charge in [-0.3, -0.25) is 4.79 Å². The zero-order valence-electron chi connectivity index (χ0n) is 13.0. The number of carbonyl (C=O) groups excluding carboxylic acids is 1. The summed E-state index contributed by atoms with van der Waals surface area (Å²) in [6.07, 6.45) is -4.59. The second-order valence-electron chi connectivity index (χ2n) is 5.63. The molecule has 1 amide bonds. The van der Waals surface area contributed by atoms with Gasteiger partial charge in [-0.25, -0.2) is 0 Å². The van der Waals surface area contributed by atoms with Crippen LogP contribution in [0.1, 0.15) is 21.6 Å². The van der Waals surface area contributed by atoms with E-state index in [1.165, 1.54) is 18.2 Å². The summed E-state index contributed by atoms with van der Waals surface area (Å²) in [7, 11) is 0. The number of carbonyl (C=O) groups is 1. The summed E-state index contributed by atoms with van der Waals surface area (Å²) < 4.78 is 44.3. The fourth-order valence-corrected chi connectivity index (χ4v) is 2.49. The number of alkyl halides is 3. The first kappa shape index (κ1) is 17.2. The Morgan fingerprint density at radius 3 is 2.52 bits per heavy atom. The van der Waals surface area contributed by atoms with Crippen LogP contribution in [0.5, 0.6) is 0 Å². The first-order valence-electron chi connectivity index (χ1n) is 7.50. The van der Waals surface area contributed by atoms with Crippen molar-refractivity contribution >= 4 is 11.7 Å². The molecule has 1 aromatic heterocycles. The summed E-state index contributed by atoms with van der Waals surface area (Å²) in [5.41, 5.74) is 4.59. The molecule has 3 rings (SSSR count). The van der Waals surface area contributed by atoms with Gasteiger partial charge in [-0.1, -0.05) is 18.2 Å². The van der Waals surface area contributed by atoms with Crippen LogP contribution in [0.2, 0.25) is 0 Å². The number of benzene rings is 1. The summed E-state index contributed by atoms with van der Waals surface area (Å²) in [5.74, 6) is -0.104. The highest BCUT2D eigenvalue weighted by molar-refractivity contribution is 5.90. The van der Waals surface area contributed by atoms with E-state index in [2.05, 4.69) is 10.2 Å². The molecule has 2 heterocycles. The summed E-state index contributed by atoms with van der Waals surface area (Å²) in [6, 6.07) is 8.44. The van der Waals surface area contributed by atoms with Crippen molar-refractivity contribution in [2.24, 2.45) is 5.73 Å². The maximum atomic E-state index is 12.9. The minimum absolute atomic E-state index is 0.0702. The van der Waals surface area contributed by atoms with E-state index in [1.54, 1.807) is 12.1 Å². The molecule has 1 fully saturated rings. The van der Waals surface area contributed by atoms with Crippen molar-refractivity contribution in [1.82, 2.24) is 10.2 Å². The molecule has 1 saturated heterocycles. The van der Waals surface area contributed by atoms with Crippen LogP contribution in [0.25, 0.3) is 0 Å². The van der Waals surface area contributed by atoms with Crippen LogP contribution in [0.15, 0.2) is 36.4 Å². The van der Waals surface area contributed by atoms with Crippen LogP contribution < -0.4 is 10.6 Å². The molecule has 132 valence electrons. The van der Waals surface area contributed by atoms with Crippen LogP contribution in [0.3, 0.4) is 0 Å². The Kier molecular flexibility index (Phi) is 4.58. The van der Waals surface area contributed by atoms with E-state index in [0.29, 0.717) is 18.9 Å². The number of hydrogen-bond acceptors (Lipinski definition) is 5. The van der Waals surface area contributed by atoms with Gasteiger partial charge in [0.15, 0.2) is 11.5 Å². The van der Waals surface area contributed by atoms with Crippen LogP contribution in [0.4, 0.5) is 19.0 Å². The van der Waals surface area contributed by atoms with E-state index in [-0.39, 0.29) is 24.0 Å². The fraction of sp³-hybridized carbons (Fsp3) is 0.312. The first-order chi connectivity index (χ1) is 11.8. The zero-order valence-corrected chi connectivity index (χ0v) is 13.0. The summed E-state index contributed by atoms with van der Waals surface area (Å²) in [6.45, 7) is 0.859. The fourth-order valence-electron chi connectivity index (χ4n) is 2.49. The largest absolute Gasteiger partial charge is 0.416 e. The highest BCUT2D eigenvalue weighted by atomic mass is 19.4. The Morgan fingerprint density at radius 2 is 1.92 bits per heavy atom. The Balaban J connectivity index is 1.54. The third-order valence-electron chi connectivity index (χ3n) is 3.87. The van der Waals surface area contributed by atoms with Gasteiger partial charge in [0.2, 0.25) is 0 Å². The molecular formula is C16H15F3N4O2. The van der Waals surface area contributed by atoms with Crippen LogP contribution in [-0.4, -0.2) is 35.3 Å². The lowest BCUT2D eigenvalue weighted by Gasteiger charge is -2.39. The minimum Gasteiger partial charge on any atom is -0.370 e. The quantitative estimate of drug-likeness (QED) is 0.890. The maximum absolute atomic E-state index is 12.9. The van der Waals surface area contributed by atoms with Crippen molar-refractivity contribution in [3.8, 4) is 0 Å². The predicted octanol–water partition coefficient (Wildman–Crippen LogP) is 2.00. The number of hydrogen-bond donors (Lipinski definition) is 1. The number of halogens is 3. The SMILES string of the molecule is NC(=O)c1ccc(N2CC(OCc3ccccc3C(F)(F)F)C2)nn1. The normalized spacial score (nSPS) is 15.1. The number of ether oxygens (including phenoxy) is 1. The summed E-state index contributed by atoms with van der Waals surface area (Å²) >= 11 is 0. The van der Waals surface area contributed by atoms with E-state index in [4.69, 9.17) is 10.5 Å². The number of primary amides is 1. The third-order valence-corrected chi connectivity index (χ3v) is 3.87. The minimum atomic E-state index is -4.40. The predicted molar refractivity (Wildman–Crippen MR) is 82.8 cm³/mol. The van der Waals surface area contributed by atoms with Gasteiger partial charge in [0.1, 0.15) is 0 Å². The van der Waals surface area contributed by atoms with Crippen molar-refractivity contribution < 1.29 is 22.7 Å². The average molecular weight is 352 g/mol. The highest BCUT2D eigenvalue weighted by Crippen LogP contribution is 2.32. The van der Waals surface area contributed by atoms with Gasteiger partial charge in [-0.15, -0.1) is 10.2 Å². The van der Waals surface area contributed by atoms with E-state index >= 15 is 0 Å². The van der Waals surface area contributed by atoms with Gasteiger partial charge in [-0.2, -0.15) is 13.2 Å². The topological polar surface area (TPSA) is 81.3 Å². The van der Waals surface area contributed by atoms with Gasteiger partial charge in [0, 0.05) is 13.1 Å². The molecule has 0 radical (unpaired) electrons. The lowest BCUT2D eigenvalue weighted by atomic mass is 10.1. The Morgan fingerprint density at radius 1 is 1.20 bits per heavy atom. The molecule has 1 aliphatic heterocycles. The van der Waals surface area contributed by atoms with Crippen molar-refractivity contribution in [2.45, 2.75) is 18.9 Å². The van der Waals surface area contributed by atoms with Crippen molar-refractivity contribution in [3.05, 3.63) is 53.2 Å². The lowest BCUT2D eigenvalue weighted by Crippen LogP contribution is -2.52. The second-order valence-corrected chi connectivity index (χ2v) is 5.63. The van der Waals surface area contributed by atoms with E-state index < -0.39 is 17.6 Å². The van der Waals surface area contributed by atoms with Crippen LogP contribution >= 0.6 is 0 Å². The van der Waals surface area contributed by atoms with Crippen molar-refractivity contribution in [3.63, 3.8) is 0 Å². The zero-order chi connectivity index (χ0) is 18.0. The number of aromatic nitrogens is 2. The Hall–Kier alpha value is -2.68. The number of anilines is 1. The summed E-state index contributed by atoms with van der Waals surface area (Å²) in [4.78, 5) is 12.8. The molecule has 0 spiro atoms. The molecule has 0 aliphatic carbocycles. The molecule has 0 bridgehead atoms. The van der Waals surface area contributed by atoms with E-state index in [9.17, 15) is 18.0 Å². The maximum Gasteiger partial charge on any atom is 0.416 e. The molecule has 6 nitrogen and oxygen atoms in total. The molecule has 1 aromatic carbocycles. The molecule has 0 atom stereocenters. The number of nitrogens with two attached hydrogens (primary N) is 1. The van der Waals surface area contributed by atoms with Gasteiger partial charge >= 0.3 is 6.18 Å². The number of nitrogens with zero attached hydrogens (tertiary/aromatic N) is 3. The molecule has 1 aliphatic rings. The van der Waals surface area contributed by atoms with Gasteiger partial charge in [0.25, 0.3) is 5.91 Å². The molecule has 25 heavy (non-hydrogen) atoms. The standard InChI is InChI=1S/C16H15F3N4O2/c17-16(18,19)12-4-2-1-3-10(12)9-25-11-7-23(8-11)14-6-5-13(15(20)24)21-22-14/h1-6,11H,7-9H2,(H2,20,24). The van der Waals surface area contributed by atoms with Crippen molar-refractivity contribution in [2.75, 3.05) is 18.0 Å². The molecule has 0 unspecified atom stereocenters. The molecular weight excluding hydrogens is 337 g/mol. The molecule has 0 saturated carbocycles. The Bertz CT molecular complexity index is 759. The molecule has 2 aromatic rings. The van der Waals surface area contributed by atoms with Crippen LogP contribution in [-0.2, 0) is 17.5 Å². The van der Waals surface area contributed by atoms with E-state index in [0.717, 1.165) is 6.07 Å². The monoisotopic (exact) mass is 352 g/mol. The lowest BCUT2D eigenvalue weighted by molar-refractivity contribution is -0.139. The first-order valence-corrected chi connectivity index (χ1v) is 7.50. The van der Waals surface area contributed by atoms with Gasteiger partial charge in [-0.05, 0) is 23.8 Å². The Labute approximate surface area is 141 Å². The van der Waals surface area contributed by atoms with Gasteiger partial charge < -0.3 is 15.4 Å².